The zero-order valence-electron chi connectivity index (χ0n) is 14.4. The standard InChI is InChI=1S/C18H18FN5O3/c19-14-6-2-1-4-11(14)10-24-16(25)13-9-21-17(22-15(13)23-18(24)26)20-8-12-5-3-7-27-12/h1-2,4,6,9,12H,3,5,7-8,10H2,(H2,20,21,22,23,26)/t12-/m1/s1. The lowest BCUT2D eigenvalue weighted by atomic mass is 10.2. The van der Waals surface area contributed by atoms with E-state index in [1.807, 2.05) is 0 Å². The van der Waals surface area contributed by atoms with Gasteiger partial charge >= 0.3 is 5.69 Å². The second-order valence-corrected chi connectivity index (χ2v) is 6.38. The number of ether oxygens (including phenoxy) is 1. The summed E-state index contributed by atoms with van der Waals surface area (Å²) in [6.07, 6.45) is 3.46. The van der Waals surface area contributed by atoms with Gasteiger partial charge in [0.2, 0.25) is 5.95 Å². The van der Waals surface area contributed by atoms with Gasteiger partial charge in [-0.2, -0.15) is 4.98 Å². The molecular formula is C18H18FN5O3. The molecule has 0 saturated carbocycles. The number of nitrogens with zero attached hydrogens (tertiary/aromatic N) is 3. The maximum atomic E-state index is 13.8. The van der Waals surface area contributed by atoms with Crippen LogP contribution < -0.4 is 16.6 Å². The number of rotatable bonds is 5. The molecular weight excluding hydrogens is 353 g/mol. The van der Waals surface area contributed by atoms with Crippen molar-refractivity contribution in [2.24, 2.45) is 0 Å². The first-order chi connectivity index (χ1) is 13.1. The van der Waals surface area contributed by atoms with Gasteiger partial charge < -0.3 is 10.1 Å². The summed E-state index contributed by atoms with van der Waals surface area (Å²) in [5.41, 5.74) is -0.831. The molecule has 1 aliphatic rings. The van der Waals surface area contributed by atoms with Crippen LogP contribution in [0.4, 0.5) is 10.3 Å². The molecule has 1 aromatic carbocycles. The Morgan fingerprint density at radius 2 is 2.19 bits per heavy atom. The fourth-order valence-electron chi connectivity index (χ4n) is 3.08. The molecule has 1 aliphatic heterocycles. The molecule has 2 N–H and O–H groups in total. The molecule has 0 aliphatic carbocycles. The Bertz CT molecular complexity index is 1090. The molecule has 27 heavy (non-hydrogen) atoms. The van der Waals surface area contributed by atoms with E-state index >= 15 is 0 Å². The van der Waals surface area contributed by atoms with Gasteiger partial charge in [0, 0.05) is 24.9 Å². The maximum Gasteiger partial charge on any atom is 0.330 e. The van der Waals surface area contributed by atoms with E-state index in [2.05, 4.69) is 20.3 Å². The van der Waals surface area contributed by atoms with Gasteiger partial charge in [-0.3, -0.25) is 14.3 Å². The number of hydrogen-bond donors (Lipinski definition) is 2. The summed E-state index contributed by atoms with van der Waals surface area (Å²) in [5.74, 6) is -0.172. The molecule has 0 amide bonds. The van der Waals surface area contributed by atoms with Crippen molar-refractivity contribution in [3.8, 4) is 0 Å². The average molecular weight is 371 g/mol. The first-order valence-electron chi connectivity index (χ1n) is 8.70. The first kappa shape index (κ1) is 17.3. The van der Waals surface area contributed by atoms with Crippen molar-refractivity contribution in [1.82, 2.24) is 19.5 Å². The van der Waals surface area contributed by atoms with Crippen molar-refractivity contribution >= 4 is 17.0 Å². The normalized spacial score (nSPS) is 16.7. The van der Waals surface area contributed by atoms with E-state index in [-0.39, 0.29) is 29.2 Å². The Hall–Kier alpha value is -3.07. The minimum absolute atomic E-state index is 0.108. The summed E-state index contributed by atoms with van der Waals surface area (Å²) < 4.78 is 20.3. The Balaban J connectivity index is 1.63. The Morgan fingerprint density at radius 1 is 1.33 bits per heavy atom. The lowest BCUT2D eigenvalue weighted by molar-refractivity contribution is 0.120. The topological polar surface area (TPSA) is 102 Å². The van der Waals surface area contributed by atoms with E-state index in [1.165, 1.54) is 18.3 Å². The van der Waals surface area contributed by atoms with E-state index in [4.69, 9.17) is 4.74 Å². The third-order valence-electron chi connectivity index (χ3n) is 4.53. The fraction of sp³-hybridized carbons (Fsp3) is 0.333. The van der Waals surface area contributed by atoms with E-state index in [1.54, 1.807) is 12.1 Å². The van der Waals surface area contributed by atoms with E-state index < -0.39 is 17.1 Å². The van der Waals surface area contributed by atoms with Crippen LogP contribution in [0.2, 0.25) is 0 Å². The molecule has 9 heteroatoms. The number of H-pyrrole nitrogens is 1. The highest BCUT2D eigenvalue weighted by Crippen LogP contribution is 2.13. The molecule has 1 fully saturated rings. The monoisotopic (exact) mass is 371 g/mol. The molecule has 2 aromatic heterocycles. The Kier molecular flexibility index (Phi) is 4.68. The number of fused-ring (bicyclic) bond motifs is 1. The van der Waals surface area contributed by atoms with Gasteiger partial charge in [-0.05, 0) is 18.9 Å². The molecule has 3 aromatic rings. The lowest BCUT2D eigenvalue weighted by Crippen LogP contribution is -2.36. The van der Waals surface area contributed by atoms with Crippen molar-refractivity contribution in [2.45, 2.75) is 25.5 Å². The van der Waals surface area contributed by atoms with Crippen molar-refractivity contribution < 1.29 is 9.13 Å². The predicted molar refractivity (Wildman–Crippen MR) is 97.4 cm³/mol. The molecule has 140 valence electrons. The molecule has 0 bridgehead atoms. The SMILES string of the molecule is O=c1[nH]c2nc(NC[C@H]3CCCO3)ncc2c(=O)n1Cc1ccccc1F. The van der Waals surface area contributed by atoms with Gasteiger partial charge in [0.1, 0.15) is 11.2 Å². The van der Waals surface area contributed by atoms with Crippen LogP contribution in [0.25, 0.3) is 11.0 Å². The summed E-state index contributed by atoms with van der Waals surface area (Å²) in [4.78, 5) is 35.9. The van der Waals surface area contributed by atoms with Crippen LogP contribution in [-0.2, 0) is 11.3 Å². The third kappa shape index (κ3) is 3.59. The molecule has 0 radical (unpaired) electrons. The second kappa shape index (κ2) is 7.28. The summed E-state index contributed by atoms with van der Waals surface area (Å²) >= 11 is 0. The average Bonchev–Trinajstić information content (AvgIpc) is 3.18. The number of benzene rings is 1. The van der Waals surface area contributed by atoms with Crippen molar-refractivity contribution in [3.05, 3.63) is 62.7 Å². The van der Waals surface area contributed by atoms with Gasteiger partial charge in [-0.1, -0.05) is 18.2 Å². The Labute approximate surface area is 153 Å². The van der Waals surface area contributed by atoms with Crippen LogP contribution >= 0.6 is 0 Å². The number of nitrogens with one attached hydrogen (secondary N) is 2. The minimum Gasteiger partial charge on any atom is -0.376 e. The quantitative estimate of drug-likeness (QED) is 0.700. The Morgan fingerprint density at radius 3 is 2.96 bits per heavy atom. The van der Waals surface area contributed by atoms with E-state index in [0.717, 1.165) is 24.0 Å². The number of aromatic nitrogens is 4. The highest BCUT2D eigenvalue weighted by atomic mass is 19.1. The zero-order chi connectivity index (χ0) is 18.8. The van der Waals surface area contributed by atoms with Crippen molar-refractivity contribution in [3.63, 3.8) is 0 Å². The number of hydrogen-bond acceptors (Lipinski definition) is 6. The molecule has 4 rings (SSSR count). The largest absolute Gasteiger partial charge is 0.376 e. The van der Waals surface area contributed by atoms with Crippen LogP contribution in [0.15, 0.2) is 40.1 Å². The van der Waals surface area contributed by atoms with Gasteiger partial charge in [0.25, 0.3) is 5.56 Å². The van der Waals surface area contributed by atoms with Crippen LogP contribution in [0.1, 0.15) is 18.4 Å². The number of aromatic amines is 1. The summed E-state index contributed by atoms with van der Waals surface area (Å²) in [7, 11) is 0. The van der Waals surface area contributed by atoms with Crippen LogP contribution in [-0.4, -0.2) is 38.8 Å². The summed E-state index contributed by atoms with van der Waals surface area (Å²) in [6, 6.07) is 6.00. The number of anilines is 1. The van der Waals surface area contributed by atoms with Gasteiger partial charge in [-0.15, -0.1) is 0 Å². The van der Waals surface area contributed by atoms with Crippen molar-refractivity contribution in [2.75, 3.05) is 18.5 Å². The van der Waals surface area contributed by atoms with E-state index in [9.17, 15) is 14.0 Å². The van der Waals surface area contributed by atoms with E-state index in [0.29, 0.717) is 12.5 Å². The van der Waals surface area contributed by atoms with Crippen LogP contribution in [0.3, 0.4) is 0 Å². The van der Waals surface area contributed by atoms with Gasteiger partial charge in [0.15, 0.2) is 5.65 Å². The van der Waals surface area contributed by atoms with Gasteiger partial charge in [-0.25, -0.2) is 14.2 Å². The maximum absolute atomic E-state index is 13.8. The number of halogens is 1. The summed E-state index contributed by atoms with van der Waals surface area (Å²) in [6.45, 7) is 1.13. The predicted octanol–water partition coefficient (Wildman–Crippen LogP) is 1.26. The molecule has 1 saturated heterocycles. The van der Waals surface area contributed by atoms with Crippen LogP contribution in [0.5, 0.6) is 0 Å². The highest BCUT2D eigenvalue weighted by molar-refractivity contribution is 5.73. The van der Waals surface area contributed by atoms with Crippen molar-refractivity contribution in [1.29, 1.82) is 0 Å². The second-order valence-electron chi connectivity index (χ2n) is 6.38. The first-order valence-corrected chi connectivity index (χ1v) is 8.70. The molecule has 8 nitrogen and oxygen atoms in total. The zero-order valence-corrected chi connectivity index (χ0v) is 14.4. The molecule has 0 spiro atoms. The van der Waals surface area contributed by atoms with Gasteiger partial charge in [0.05, 0.1) is 12.6 Å². The highest BCUT2D eigenvalue weighted by Gasteiger charge is 2.16. The lowest BCUT2D eigenvalue weighted by Gasteiger charge is -2.11. The fourth-order valence-corrected chi connectivity index (χ4v) is 3.08. The molecule has 1 atom stereocenters. The molecule has 3 heterocycles. The minimum atomic E-state index is -0.653. The molecule has 0 unspecified atom stereocenters. The smallest absolute Gasteiger partial charge is 0.330 e. The van der Waals surface area contributed by atoms with Crippen LogP contribution in [0, 0.1) is 5.82 Å². The summed E-state index contributed by atoms with van der Waals surface area (Å²) in [5, 5.41) is 3.21. The third-order valence-corrected chi connectivity index (χ3v) is 4.53.